The van der Waals surface area contributed by atoms with E-state index in [9.17, 15) is 5.11 Å². The standard InChI is InChI=1S/C50H40N6O.C2H6.H2O/c1-34-15-13-28-48(56-47-27-12-11-26-46(47)55(56)45-25-10-6-21-41(45)51)50(34)40-32-36(29-30-49(40)57)35-16-14-17-37(31-35)39-20-5-7-22-42(39)54-44-24-9-8-23-43(44)53-33-52-38-18-3-2-4-19-38;1-2;/h2-33,54,57H,51H2,1H3,(H,52,53);1-2H3;1H2. The number of hydrogen-bond acceptors (Lipinski definition) is 4. The van der Waals surface area contributed by atoms with Gasteiger partial charge in [0.15, 0.2) is 0 Å². The molecule has 8 heteroatoms. The number of rotatable bonds is 10. The number of phenols is 1. The molecule has 1 aromatic heterocycles. The first kappa shape index (κ1) is 40.4. The van der Waals surface area contributed by atoms with Gasteiger partial charge in [0.05, 0.1) is 51.5 Å². The number of benzene rings is 8. The maximum absolute atomic E-state index is 11.5. The van der Waals surface area contributed by atoms with Crippen LogP contribution in [0.4, 0.5) is 28.4 Å². The van der Waals surface area contributed by atoms with Gasteiger partial charge in [0.25, 0.3) is 0 Å². The van der Waals surface area contributed by atoms with E-state index in [0.717, 1.165) is 84.1 Å². The SMILES string of the molecule is CC.Cc1cccc(-n2c3ccccc3n2-c2ccccc2N)c1-c1cc(-c2cccc(-c3ccccc3Nc3ccccc3NC=Nc3ccccc3)c2)ccc1O.O. The lowest BCUT2D eigenvalue weighted by Crippen LogP contribution is -2.22. The third kappa shape index (κ3) is 8.00. The first-order chi connectivity index (χ1) is 29.0. The highest BCUT2D eigenvalue weighted by Gasteiger charge is 2.23. The lowest BCUT2D eigenvalue weighted by atomic mass is 9.92. The van der Waals surface area contributed by atoms with Crippen molar-refractivity contribution in [3.63, 3.8) is 0 Å². The fourth-order valence-electron chi connectivity index (χ4n) is 7.51. The van der Waals surface area contributed by atoms with Crippen molar-refractivity contribution in [2.24, 2.45) is 4.99 Å². The van der Waals surface area contributed by atoms with Crippen LogP contribution in [-0.4, -0.2) is 26.3 Å². The third-order valence-corrected chi connectivity index (χ3v) is 10.3. The van der Waals surface area contributed by atoms with Gasteiger partial charge >= 0.3 is 0 Å². The zero-order valence-electron chi connectivity index (χ0n) is 33.8. The van der Waals surface area contributed by atoms with E-state index in [4.69, 9.17) is 5.73 Å². The average molecular weight is 789 g/mol. The molecule has 0 radical (unpaired) electrons. The molecule has 0 saturated carbocycles. The number of nitrogens with one attached hydrogen (secondary N) is 2. The Morgan fingerprint density at radius 3 is 1.88 bits per heavy atom. The Kier molecular flexibility index (Phi) is 12.2. The summed E-state index contributed by atoms with van der Waals surface area (Å²) >= 11 is 0. The summed E-state index contributed by atoms with van der Waals surface area (Å²) < 4.78 is 4.33. The van der Waals surface area contributed by atoms with Crippen LogP contribution in [0.2, 0.25) is 0 Å². The average Bonchev–Trinajstić information content (AvgIpc) is 3.27. The molecule has 0 bridgehead atoms. The molecule has 0 unspecified atom stereocenters. The molecule has 0 spiro atoms. The number of nitrogens with zero attached hydrogens (tertiary/aromatic N) is 3. The normalized spacial score (nSPS) is 10.8. The molecule has 0 fully saturated rings. The highest BCUT2D eigenvalue weighted by atomic mass is 16.3. The van der Waals surface area contributed by atoms with Gasteiger partial charge in [-0.25, -0.2) is 14.4 Å². The van der Waals surface area contributed by atoms with Crippen molar-refractivity contribution < 1.29 is 10.6 Å². The summed E-state index contributed by atoms with van der Waals surface area (Å²) in [6, 6.07) is 63.1. The van der Waals surface area contributed by atoms with Crippen LogP contribution in [0.5, 0.6) is 5.75 Å². The van der Waals surface area contributed by atoms with E-state index >= 15 is 0 Å². The number of aromatic nitrogens is 2. The molecular weight excluding hydrogens is 741 g/mol. The molecule has 60 heavy (non-hydrogen) atoms. The second kappa shape index (κ2) is 18.2. The van der Waals surface area contributed by atoms with E-state index in [2.05, 4.69) is 117 Å². The Morgan fingerprint density at radius 2 is 1.12 bits per heavy atom. The zero-order chi connectivity index (χ0) is 40.7. The van der Waals surface area contributed by atoms with Gasteiger partial charge in [-0.2, -0.15) is 0 Å². The molecule has 1 heterocycles. The van der Waals surface area contributed by atoms with Crippen LogP contribution in [0.1, 0.15) is 19.4 Å². The molecule has 0 aliphatic rings. The number of nitrogens with two attached hydrogens (primary N) is 1. The van der Waals surface area contributed by atoms with Crippen LogP contribution in [0, 0.1) is 6.92 Å². The van der Waals surface area contributed by atoms with Crippen LogP contribution in [0.15, 0.2) is 193 Å². The Hall–Kier alpha value is -7.81. The summed E-state index contributed by atoms with van der Waals surface area (Å²) in [4.78, 5) is 4.55. The topological polar surface area (TPSA) is 124 Å². The zero-order valence-corrected chi connectivity index (χ0v) is 33.8. The lowest BCUT2D eigenvalue weighted by molar-refractivity contribution is 0.477. The van der Waals surface area contributed by atoms with E-state index in [1.54, 1.807) is 12.4 Å². The molecule has 0 amide bonds. The summed E-state index contributed by atoms with van der Waals surface area (Å²) in [5.41, 5.74) is 21.7. The Bertz CT molecular complexity index is 2910. The van der Waals surface area contributed by atoms with Crippen LogP contribution in [0.3, 0.4) is 0 Å². The molecule has 298 valence electrons. The number of fused-ring (bicyclic) bond motifs is 1. The summed E-state index contributed by atoms with van der Waals surface area (Å²) in [7, 11) is 0. The van der Waals surface area contributed by atoms with Crippen LogP contribution < -0.4 is 16.4 Å². The van der Waals surface area contributed by atoms with Crippen LogP contribution in [0.25, 0.3) is 55.8 Å². The molecule has 9 aromatic rings. The van der Waals surface area contributed by atoms with E-state index in [1.165, 1.54) is 0 Å². The molecule has 7 N–H and O–H groups in total. The minimum absolute atomic E-state index is 0. The second-order valence-corrected chi connectivity index (χ2v) is 13.9. The van der Waals surface area contributed by atoms with E-state index in [0.29, 0.717) is 5.69 Å². The third-order valence-electron chi connectivity index (χ3n) is 10.3. The highest BCUT2D eigenvalue weighted by Crippen LogP contribution is 2.42. The predicted octanol–water partition coefficient (Wildman–Crippen LogP) is 12.7. The molecule has 0 saturated heterocycles. The van der Waals surface area contributed by atoms with Gasteiger partial charge in [0.2, 0.25) is 0 Å². The molecule has 0 aliphatic carbocycles. The van der Waals surface area contributed by atoms with Crippen molar-refractivity contribution in [1.82, 2.24) is 9.36 Å². The van der Waals surface area contributed by atoms with Crippen molar-refractivity contribution in [2.45, 2.75) is 20.8 Å². The smallest absolute Gasteiger partial charge is 0.123 e. The van der Waals surface area contributed by atoms with Crippen molar-refractivity contribution in [3.8, 4) is 50.5 Å². The van der Waals surface area contributed by atoms with Crippen molar-refractivity contribution in [2.75, 3.05) is 16.4 Å². The fourth-order valence-corrected chi connectivity index (χ4v) is 7.51. The van der Waals surface area contributed by atoms with Gasteiger partial charge in [-0.15, -0.1) is 0 Å². The monoisotopic (exact) mass is 788 g/mol. The van der Waals surface area contributed by atoms with Crippen molar-refractivity contribution in [1.29, 1.82) is 0 Å². The Morgan fingerprint density at radius 1 is 0.533 bits per heavy atom. The molecule has 8 aromatic carbocycles. The van der Waals surface area contributed by atoms with Crippen molar-refractivity contribution in [3.05, 3.63) is 194 Å². The number of aryl methyl sites for hydroxylation is 1. The minimum atomic E-state index is 0. The number of anilines is 4. The maximum Gasteiger partial charge on any atom is 0.123 e. The number of hydrogen-bond donors (Lipinski definition) is 4. The number of nitrogen functional groups attached to an aromatic ring is 1. The highest BCUT2D eigenvalue weighted by molar-refractivity contribution is 5.92. The van der Waals surface area contributed by atoms with Gasteiger partial charge in [-0.1, -0.05) is 123 Å². The molecule has 8 nitrogen and oxygen atoms in total. The maximum atomic E-state index is 11.5. The lowest BCUT2D eigenvalue weighted by Gasteiger charge is -2.29. The van der Waals surface area contributed by atoms with Crippen LogP contribution in [-0.2, 0) is 0 Å². The molecular formula is C52H48N6O2. The fraction of sp³-hybridized carbons (Fsp3) is 0.0577. The first-order valence-corrected chi connectivity index (χ1v) is 19.9. The van der Waals surface area contributed by atoms with E-state index in [-0.39, 0.29) is 11.2 Å². The number of para-hydroxylation sites is 8. The Balaban J connectivity index is 0.00000179. The predicted molar refractivity (Wildman–Crippen MR) is 253 cm³/mol. The van der Waals surface area contributed by atoms with Crippen LogP contribution >= 0.6 is 0 Å². The molecule has 0 aliphatic heterocycles. The van der Waals surface area contributed by atoms with E-state index < -0.39 is 0 Å². The first-order valence-electron chi connectivity index (χ1n) is 19.9. The van der Waals surface area contributed by atoms with E-state index in [1.807, 2.05) is 111 Å². The van der Waals surface area contributed by atoms with Gasteiger partial charge < -0.3 is 26.9 Å². The van der Waals surface area contributed by atoms with Gasteiger partial charge in [-0.3, -0.25) is 0 Å². The summed E-state index contributed by atoms with van der Waals surface area (Å²) in [5.74, 6) is 0.209. The summed E-state index contributed by atoms with van der Waals surface area (Å²) in [6.45, 7) is 6.09. The largest absolute Gasteiger partial charge is 0.507 e. The Labute approximate surface area is 350 Å². The quantitative estimate of drug-likeness (QED) is 0.0625. The molecule has 0 atom stereocenters. The van der Waals surface area contributed by atoms with Gasteiger partial charge in [-0.05, 0) is 108 Å². The molecule has 9 rings (SSSR count). The van der Waals surface area contributed by atoms with Gasteiger partial charge in [0, 0.05) is 22.4 Å². The second-order valence-electron chi connectivity index (χ2n) is 13.9. The summed E-state index contributed by atoms with van der Waals surface area (Å²) in [5, 5.41) is 18.6. The number of aliphatic imine (C=N–C) groups is 1. The summed E-state index contributed by atoms with van der Waals surface area (Å²) in [6.07, 6.45) is 1.72. The minimum Gasteiger partial charge on any atom is -0.507 e. The van der Waals surface area contributed by atoms with Crippen molar-refractivity contribution >= 4 is 45.8 Å². The van der Waals surface area contributed by atoms with Gasteiger partial charge in [0.1, 0.15) is 5.75 Å². The number of phenolic OH excluding ortho intramolecular Hbond substituents is 1. The number of aromatic hydroxyl groups is 1.